The zero-order valence-electron chi connectivity index (χ0n) is 5.09. The van der Waals surface area contributed by atoms with Gasteiger partial charge in [0.25, 0.3) is 0 Å². The predicted molar refractivity (Wildman–Crippen MR) is 33.7 cm³/mol. The van der Waals surface area contributed by atoms with Gasteiger partial charge in [0.2, 0.25) is 0 Å². The van der Waals surface area contributed by atoms with Crippen molar-refractivity contribution in [3.05, 3.63) is 11.3 Å². The van der Waals surface area contributed by atoms with Crippen molar-refractivity contribution in [1.29, 1.82) is 0 Å². The average Bonchev–Trinajstić information content (AvgIpc) is 2.13. The average molecular weight is 125 g/mol. The number of aliphatic hydroxyl groups is 1. The minimum atomic E-state index is -0.131. The fourth-order valence-electron chi connectivity index (χ4n) is 0.677. The lowest BCUT2D eigenvalue weighted by Crippen LogP contribution is -1.98. The van der Waals surface area contributed by atoms with Crippen LogP contribution in [0.5, 0.6) is 0 Å². The molecule has 0 unspecified atom stereocenters. The molecule has 0 bridgehead atoms. The molecule has 0 atom stereocenters. The number of aliphatic imine (C=N–C) groups is 1. The minimum Gasteiger partial charge on any atom is -0.510 e. The molecule has 0 saturated heterocycles. The van der Waals surface area contributed by atoms with Crippen LogP contribution < -0.4 is 0 Å². The van der Waals surface area contributed by atoms with Crippen LogP contribution in [0.25, 0.3) is 0 Å². The van der Waals surface area contributed by atoms with E-state index in [4.69, 9.17) is 5.11 Å². The zero-order chi connectivity index (χ0) is 6.85. The van der Waals surface area contributed by atoms with Crippen LogP contribution in [0.4, 0.5) is 0 Å². The number of ketones is 1. The molecule has 3 heteroatoms. The number of hydrogen-bond donors (Lipinski definition) is 1. The quantitative estimate of drug-likeness (QED) is 0.553. The van der Waals surface area contributed by atoms with Crippen LogP contribution in [-0.4, -0.2) is 23.6 Å². The molecule has 9 heavy (non-hydrogen) atoms. The van der Waals surface area contributed by atoms with Gasteiger partial charge in [-0.05, 0) is 6.92 Å². The Kier molecular flexibility index (Phi) is 1.34. The first-order chi connectivity index (χ1) is 4.22. The molecule has 1 aliphatic rings. The molecular formula is C6H7NO2. The summed E-state index contributed by atoms with van der Waals surface area (Å²) in [5.74, 6) is -0.0451. The Labute approximate surface area is 52.7 Å². The highest BCUT2D eigenvalue weighted by molar-refractivity contribution is 6.13. The SMILES string of the molecule is CC(=O)C1=C(O)CN=C1. The minimum absolute atomic E-state index is 0.0856. The Hall–Kier alpha value is -1.12. The van der Waals surface area contributed by atoms with Crippen molar-refractivity contribution in [2.45, 2.75) is 6.92 Å². The van der Waals surface area contributed by atoms with Crippen LogP contribution in [0.3, 0.4) is 0 Å². The smallest absolute Gasteiger partial charge is 0.164 e. The van der Waals surface area contributed by atoms with E-state index in [1.165, 1.54) is 13.1 Å². The maximum Gasteiger partial charge on any atom is 0.164 e. The molecule has 0 saturated carbocycles. The third kappa shape index (κ3) is 0.988. The highest BCUT2D eigenvalue weighted by Gasteiger charge is 2.11. The molecule has 0 radical (unpaired) electrons. The van der Waals surface area contributed by atoms with Crippen LogP contribution in [0.1, 0.15) is 6.92 Å². The molecule has 0 aromatic carbocycles. The van der Waals surface area contributed by atoms with Crippen LogP contribution in [0.15, 0.2) is 16.3 Å². The van der Waals surface area contributed by atoms with Crippen molar-refractivity contribution in [1.82, 2.24) is 0 Å². The maximum absolute atomic E-state index is 10.5. The standard InChI is InChI=1S/C6H7NO2/c1-4(8)5-2-7-3-6(5)9/h2,9H,3H2,1H3. The molecule has 0 aromatic rings. The van der Waals surface area contributed by atoms with Crippen molar-refractivity contribution in [2.75, 3.05) is 6.54 Å². The van der Waals surface area contributed by atoms with Gasteiger partial charge in [-0.3, -0.25) is 9.79 Å². The van der Waals surface area contributed by atoms with E-state index in [2.05, 4.69) is 4.99 Å². The van der Waals surface area contributed by atoms with Gasteiger partial charge in [-0.1, -0.05) is 0 Å². The fourth-order valence-corrected chi connectivity index (χ4v) is 0.677. The number of carbonyl (C=O) groups excluding carboxylic acids is 1. The number of hydrogen-bond acceptors (Lipinski definition) is 3. The predicted octanol–water partition coefficient (Wildman–Crippen LogP) is 0.472. The molecule has 1 N–H and O–H groups in total. The van der Waals surface area contributed by atoms with E-state index in [0.717, 1.165) is 0 Å². The van der Waals surface area contributed by atoms with E-state index in [1.807, 2.05) is 0 Å². The van der Waals surface area contributed by atoms with Crippen molar-refractivity contribution >= 4 is 12.0 Å². The molecule has 0 aromatic heterocycles. The summed E-state index contributed by atoms with van der Waals surface area (Å²) in [7, 11) is 0. The molecular weight excluding hydrogens is 118 g/mol. The number of Topliss-reactive ketones (excluding diaryl/α,β-unsaturated/α-hetero) is 1. The Morgan fingerprint density at radius 3 is 2.78 bits per heavy atom. The highest BCUT2D eigenvalue weighted by atomic mass is 16.3. The van der Waals surface area contributed by atoms with Crippen LogP contribution in [0.2, 0.25) is 0 Å². The second kappa shape index (κ2) is 2.01. The topological polar surface area (TPSA) is 49.7 Å². The second-order valence-corrected chi connectivity index (χ2v) is 1.89. The van der Waals surface area contributed by atoms with E-state index in [0.29, 0.717) is 5.57 Å². The second-order valence-electron chi connectivity index (χ2n) is 1.89. The zero-order valence-corrected chi connectivity index (χ0v) is 5.09. The van der Waals surface area contributed by atoms with E-state index < -0.39 is 0 Å². The number of rotatable bonds is 1. The first kappa shape index (κ1) is 6.01. The molecule has 0 amide bonds. The molecule has 3 nitrogen and oxygen atoms in total. The summed E-state index contributed by atoms with van der Waals surface area (Å²) in [5, 5.41) is 8.89. The first-order valence-electron chi connectivity index (χ1n) is 2.64. The summed E-state index contributed by atoms with van der Waals surface area (Å²) >= 11 is 0. The monoisotopic (exact) mass is 125 g/mol. The van der Waals surface area contributed by atoms with Crippen molar-refractivity contribution in [3.63, 3.8) is 0 Å². The lowest BCUT2D eigenvalue weighted by Gasteiger charge is -1.90. The third-order valence-electron chi connectivity index (χ3n) is 1.15. The lowest BCUT2D eigenvalue weighted by molar-refractivity contribution is -0.113. The number of carbonyl (C=O) groups is 1. The normalized spacial score (nSPS) is 17.0. The largest absolute Gasteiger partial charge is 0.510 e. The summed E-state index contributed by atoms with van der Waals surface area (Å²) < 4.78 is 0. The Morgan fingerprint density at radius 2 is 2.56 bits per heavy atom. The Balaban J connectivity index is 2.89. The van der Waals surface area contributed by atoms with E-state index >= 15 is 0 Å². The van der Waals surface area contributed by atoms with Crippen LogP contribution in [-0.2, 0) is 4.79 Å². The lowest BCUT2D eigenvalue weighted by atomic mass is 10.2. The number of nitrogens with zero attached hydrogens (tertiary/aromatic N) is 1. The van der Waals surface area contributed by atoms with Crippen molar-refractivity contribution in [3.8, 4) is 0 Å². The molecule has 1 aliphatic heterocycles. The summed E-state index contributed by atoms with van der Waals surface area (Å²) in [6.07, 6.45) is 1.40. The molecule has 1 heterocycles. The summed E-state index contributed by atoms with van der Waals surface area (Å²) in [6.45, 7) is 1.66. The van der Waals surface area contributed by atoms with Gasteiger partial charge in [-0.2, -0.15) is 0 Å². The van der Waals surface area contributed by atoms with Crippen LogP contribution in [0, 0.1) is 0 Å². The van der Waals surface area contributed by atoms with Gasteiger partial charge in [0.05, 0.1) is 12.1 Å². The molecule has 1 rings (SSSR count). The number of aliphatic hydroxyl groups excluding tert-OH is 1. The van der Waals surface area contributed by atoms with Gasteiger partial charge in [0.15, 0.2) is 5.78 Å². The summed E-state index contributed by atoms with van der Waals surface area (Å²) in [4.78, 5) is 14.2. The summed E-state index contributed by atoms with van der Waals surface area (Å²) in [5.41, 5.74) is 0.343. The van der Waals surface area contributed by atoms with Crippen molar-refractivity contribution < 1.29 is 9.90 Å². The molecule has 0 aliphatic carbocycles. The maximum atomic E-state index is 10.5. The van der Waals surface area contributed by atoms with E-state index in [-0.39, 0.29) is 18.1 Å². The van der Waals surface area contributed by atoms with Gasteiger partial charge in [0.1, 0.15) is 5.76 Å². The van der Waals surface area contributed by atoms with Gasteiger partial charge in [0, 0.05) is 6.21 Å². The van der Waals surface area contributed by atoms with Gasteiger partial charge >= 0.3 is 0 Å². The molecule has 48 valence electrons. The molecule has 0 fully saturated rings. The van der Waals surface area contributed by atoms with Gasteiger partial charge in [-0.25, -0.2) is 0 Å². The van der Waals surface area contributed by atoms with E-state index in [1.54, 1.807) is 0 Å². The Morgan fingerprint density at radius 1 is 1.89 bits per heavy atom. The third-order valence-corrected chi connectivity index (χ3v) is 1.15. The van der Waals surface area contributed by atoms with Gasteiger partial charge < -0.3 is 5.11 Å². The highest BCUT2D eigenvalue weighted by Crippen LogP contribution is 2.06. The molecule has 0 spiro atoms. The van der Waals surface area contributed by atoms with Gasteiger partial charge in [-0.15, -0.1) is 0 Å². The fraction of sp³-hybridized carbons (Fsp3) is 0.333. The van der Waals surface area contributed by atoms with Crippen molar-refractivity contribution in [2.24, 2.45) is 4.99 Å². The van der Waals surface area contributed by atoms with Crippen LogP contribution >= 0.6 is 0 Å². The first-order valence-corrected chi connectivity index (χ1v) is 2.64. The Bertz CT molecular complexity index is 203. The summed E-state index contributed by atoms with van der Waals surface area (Å²) in [6, 6.07) is 0. The van der Waals surface area contributed by atoms with E-state index in [9.17, 15) is 4.79 Å². The number of allylic oxidation sites excluding steroid dienone is 1.